The molecule has 0 aromatic carbocycles. The molecule has 25 heavy (non-hydrogen) atoms. The highest BCUT2D eigenvalue weighted by molar-refractivity contribution is 5.93. The van der Waals surface area contributed by atoms with Gasteiger partial charge < -0.3 is 31.5 Å². The van der Waals surface area contributed by atoms with Gasteiger partial charge in [-0.05, 0) is 26.3 Å². The van der Waals surface area contributed by atoms with Crippen LogP contribution in [0.1, 0.15) is 26.2 Å². The number of nitrogens with one attached hydrogen (secondary N) is 4. The highest BCUT2D eigenvalue weighted by atomic mass is 16.4. The monoisotopic (exact) mass is 358 g/mol. The molecule has 0 aliphatic carbocycles. The summed E-state index contributed by atoms with van der Waals surface area (Å²) < 4.78 is 0. The van der Waals surface area contributed by atoms with E-state index < -0.39 is 48.8 Å². The van der Waals surface area contributed by atoms with Gasteiger partial charge in [-0.25, -0.2) is 4.79 Å². The first-order valence-electron chi connectivity index (χ1n) is 7.76. The first-order valence-corrected chi connectivity index (χ1v) is 7.76. The molecule has 1 saturated heterocycles. The van der Waals surface area contributed by atoms with E-state index in [-0.39, 0.29) is 11.9 Å². The van der Waals surface area contributed by atoms with Crippen molar-refractivity contribution in [1.29, 1.82) is 0 Å². The first kappa shape index (κ1) is 20.4. The molecule has 3 unspecified atom stereocenters. The number of carbonyl (C=O) groups excluding carboxylic acids is 3. The number of rotatable bonds is 9. The Hall–Kier alpha value is -2.69. The van der Waals surface area contributed by atoms with Crippen LogP contribution in [0, 0.1) is 0 Å². The Bertz CT molecular complexity index is 545. The van der Waals surface area contributed by atoms with Crippen molar-refractivity contribution < 1.29 is 34.2 Å². The fourth-order valence-corrected chi connectivity index (χ4v) is 2.23. The van der Waals surface area contributed by atoms with Crippen molar-refractivity contribution in [2.24, 2.45) is 0 Å². The Morgan fingerprint density at radius 2 is 1.84 bits per heavy atom. The van der Waals surface area contributed by atoms with Crippen molar-refractivity contribution in [3.8, 4) is 0 Å². The van der Waals surface area contributed by atoms with Crippen molar-refractivity contribution in [3.05, 3.63) is 0 Å². The fraction of sp³-hybridized carbons (Fsp3) is 0.643. The molecule has 1 fully saturated rings. The second-order valence-corrected chi connectivity index (χ2v) is 5.65. The van der Waals surface area contributed by atoms with Crippen LogP contribution < -0.4 is 21.3 Å². The normalized spacial score (nSPS) is 18.7. The number of amides is 3. The average Bonchev–Trinajstić information content (AvgIpc) is 3.05. The molecular formula is C14H22N4O7. The Kier molecular flexibility index (Phi) is 7.79. The third-order valence-corrected chi connectivity index (χ3v) is 3.56. The van der Waals surface area contributed by atoms with Crippen LogP contribution in [-0.2, 0) is 24.0 Å². The number of carboxylic acid groups (broad SMARTS) is 2. The molecule has 140 valence electrons. The van der Waals surface area contributed by atoms with Gasteiger partial charge in [0.25, 0.3) is 0 Å². The summed E-state index contributed by atoms with van der Waals surface area (Å²) in [6.07, 6.45) is 0.776. The maximum Gasteiger partial charge on any atom is 0.326 e. The zero-order chi connectivity index (χ0) is 19.0. The first-order chi connectivity index (χ1) is 11.7. The molecule has 0 aromatic rings. The molecule has 1 aliphatic heterocycles. The summed E-state index contributed by atoms with van der Waals surface area (Å²) in [5, 5.41) is 27.1. The highest BCUT2D eigenvalue weighted by Gasteiger charge is 2.26. The van der Waals surface area contributed by atoms with Gasteiger partial charge in [0.2, 0.25) is 17.7 Å². The van der Waals surface area contributed by atoms with Gasteiger partial charge in [-0.15, -0.1) is 0 Å². The zero-order valence-corrected chi connectivity index (χ0v) is 13.7. The van der Waals surface area contributed by atoms with Crippen LogP contribution >= 0.6 is 0 Å². The van der Waals surface area contributed by atoms with Crippen molar-refractivity contribution >= 4 is 29.7 Å². The maximum atomic E-state index is 11.9. The average molecular weight is 358 g/mol. The van der Waals surface area contributed by atoms with Crippen molar-refractivity contribution in [2.45, 2.75) is 44.3 Å². The number of aliphatic carboxylic acids is 2. The van der Waals surface area contributed by atoms with E-state index in [0.29, 0.717) is 6.42 Å². The van der Waals surface area contributed by atoms with Crippen molar-refractivity contribution in [2.75, 3.05) is 13.1 Å². The summed E-state index contributed by atoms with van der Waals surface area (Å²) in [5.41, 5.74) is 0. The highest BCUT2D eigenvalue weighted by Crippen LogP contribution is 2.04. The van der Waals surface area contributed by atoms with E-state index in [1.807, 2.05) is 5.32 Å². The summed E-state index contributed by atoms with van der Waals surface area (Å²) >= 11 is 0. The minimum Gasteiger partial charge on any atom is -0.481 e. The minimum atomic E-state index is -1.59. The van der Waals surface area contributed by atoms with Gasteiger partial charge in [-0.1, -0.05) is 0 Å². The Morgan fingerprint density at radius 1 is 1.16 bits per heavy atom. The molecule has 1 rings (SSSR count). The summed E-state index contributed by atoms with van der Waals surface area (Å²) in [4.78, 5) is 56.7. The molecule has 0 spiro atoms. The molecule has 0 aromatic heterocycles. The molecule has 0 bridgehead atoms. The minimum absolute atomic E-state index is 0.308. The lowest BCUT2D eigenvalue weighted by atomic mass is 10.2. The zero-order valence-electron chi connectivity index (χ0n) is 13.7. The molecule has 1 heterocycles. The largest absolute Gasteiger partial charge is 0.481 e. The van der Waals surface area contributed by atoms with E-state index in [1.165, 1.54) is 6.92 Å². The number of carboxylic acids is 2. The van der Waals surface area contributed by atoms with Gasteiger partial charge >= 0.3 is 11.9 Å². The lowest BCUT2D eigenvalue weighted by Gasteiger charge is -2.17. The molecule has 3 amide bonds. The quantitative estimate of drug-likeness (QED) is 0.260. The summed E-state index contributed by atoms with van der Waals surface area (Å²) in [6.45, 7) is 1.65. The van der Waals surface area contributed by atoms with E-state index in [1.54, 1.807) is 0 Å². The molecule has 6 N–H and O–H groups in total. The third kappa shape index (κ3) is 7.16. The Morgan fingerprint density at radius 3 is 2.36 bits per heavy atom. The summed E-state index contributed by atoms with van der Waals surface area (Å²) in [6, 6.07) is -2.81. The SMILES string of the molecule is CC(NC(=O)C1CCCN1)C(=O)NCC(=O)NC(CC(=O)O)C(=O)O. The Balaban J connectivity index is 2.38. The third-order valence-electron chi connectivity index (χ3n) is 3.56. The van der Waals surface area contributed by atoms with Gasteiger partial charge in [-0.2, -0.15) is 0 Å². The number of carbonyl (C=O) groups is 5. The van der Waals surface area contributed by atoms with Crippen LogP contribution in [0.2, 0.25) is 0 Å². The standard InChI is InChI=1S/C14H22N4O7/c1-7(17-13(23)8-3-2-4-15-8)12(22)16-6-10(19)18-9(14(24)25)5-11(20)21/h7-9,15H,2-6H2,1H3,(H,16,22)(H,17,23)(H,18,19)(H,20,21)(H,24,25). The fourth-order valence-electron chi connectivity index (χ4n) is 2.23. The van der Waals surface area contributed by atoms with Gasteiger partial charge in [0.05, 0.1) is 19.0 Å². The van der Waals surface area contributed by atoms with Gasteiger partial charge in [-0.3, -0.25) is 19.2 Å². The second-order valence-electron chi connectivity index (χ2n) is 5.65. The second kappa shape index (κ2) is 9.57. The molecule has 0 saturated carbocycles. The van der Waals surface area contributed by atoms with Crippen molar-refractivity contribution in [3.63, 3.8) is 0 Å². The summed E-state index contributed by atoms with van der Waals surface area (Å²) in [7, 11) is 0. The maximum absolute atomic E-state index is 11.9. The van der Waals surface area contributed by atoms with E-state index in [9.17, 15) is 24.0 Å². The van der Waals surface area contributed by atoms with Gasteiger partial charge in [0.1, 0.15) is 12.1 Å². The topological polar surface area (TPSA) is 174 Å². The van der Waals surface area contributed by atoms with E-state index in [4.69, 9.17) is 10.2 Å². The van der Waals surface area contributed by atoms with E-state index in [0.717, 1.165) is 13.0 Å². The van der Waals surface area contributed by atoms with E-state index in [2.05, 4.69) is 16.0 Å². The smallest absolute Gasteiger partial charge is 0.326 e. The van der Waals surface area contributed by atoms with Crippen LogP contribution in [-0.4, -0.2) is 71.1 Å². The Labute approximate surface area is 143 Å². The molecule has 11 heteroatoms. The van der Waals surface area contributed by atoms with Gasteiger partial charge in [0.15, 0.2) is 0 Å². The summed E-state index contributed by atoms with van der Waals surface area (Å²) in [5.74, 6) is -4.65. The molecule has 11 nitrogen and oxygen atoms in total. The van der Waals surface area contributed by atoms with E-state index >= 15 is 0 Å². The molecule has 0 radical (unpaired) electrons. The molecule has 3 atom stereocenters. The molecule has 1 aliphatic rings. The predicted octanol–water partition coefficient (Wildman–Crippen LogP) is -2.60. The van der Waals surface area contributed by atoms with Crippen molar-refractivity contribution in [1.82, 2.24) is 21.3 Å². The van der Waals surface area contributed by atoms with Crippen LogP contribution in [0.4, 0.5) is 0 Å². The van der Waals surface area contributed by atoms with Crippen LogP contribution in [0.3, 0.4) is 0 Å². The van der Waals surface area contributed by atoms with Gasteiger partial charge in [0, 0.05) is 0 Å². The lowest BCUT2D eigenvalue weighted by Crippen LogP contribution is -2.52. The number of hydrogen-bond donors (Lipinski definition) is 6. The van der Waals surface area contributed by atoms with Crippen LogP contribution in [0.5, 0.6) is 0 Å². The lowest BCUT2D eigenvalue weighted by molar-refractivity contribution is -0.147. The van der Waals surface area contributed by atoms with Crippen LogP contribution in [0.25, 0.3) is 0 Å². The van der Waals surface area contributed by atoms with Crippen LogP contribution in [0.15, 0.2) is 0 Å². The molecular weight excluding hydrogens is 336 g/mol. The predicted molar refractivity (Wildman–Crippen MR) is 83.5 cm³/mol. The number of hydrogen-bond acceptors (Lipinski definition) is 6.